The van der Waals surface area contributed by atoms with Crippen LogP contribution in [-0.2, 0) is 0 Å². The average molecular weight is 371 g/mol. The third-order valence-corrected chi connectivity index (χ3v) is 6.68. The summed E-state index contributed by atoms with van der Waals surface area (Å²) < 4.78 is 5.38. The van der Waals surface area contributed by atoms with Crippen LogP contribution in [0.5, 0.6) is 5.75 Å². The van der Waals surface area contributed by atoms with Crippen molar-refractivity contribution in [2.75, 3.05) is 14.2 Å². The van der Waals surface area contributed by atoms with E-state index in [-0.39, 0.29) is 23.7 Å². The summed E-state index contributed by atoms with van der Waals surface area (Å²) in [6.45, 7) is 0. The van der Waals surface area contributed by atoms with Crippen molar-refractivity contribution in [3.05, 3.63) is 52.7 Å². The Kier molecular flexibility index (Phi) is 4.15. The lowest BCUT2D eigenvalue weighted by molar-refractivity contribution is 0.160. The molecule has 1 aromatic carbocycles. The van der Waals surface area contributed by atoms with Crippen molar-refractivity contribution in [1.82, 2.24) is 4.90 Å². The van der Waals surface area contributed by atoms with Gasteiger partial charge in [-0.25, -0.2) is 0 Å². The molecular weight excluding hydrogens is 350 g/mol. The van der Waals surface area contributed by atoms with E-state index in [1.165, 1.54) is 0 Å². The van der Waals surface area contributed by atoms with Crippen molar-refractivity contribution in [1.29, 1.82) is 15.8 Å². The smallest absolute Gasteiger partial charge is 0.191 e. The maximum Gasteiger partial charge on any atom is 0.191 e. The van der Waals surface area contributed by atoms with Crippen molar-refractivity contribution in [3.63, 3.8) is 0 Å². The molecule has 140 valence electrons. The summed E-state index contributed by atoms with van der Waals surface area (Å²) in [6.07, 6.45) is 4.07. The van der Waals surface area contributed by atoms with Gasteiger partial charge in [0.2, 0.25) is 0 Å². The molecule has 28 heavy (non-hydrogen) atoms. The number of ether oxygens (including phenoxy) is 1. The van der Waals surface area contributed by atoms with Gasteiger partial charge in [-0.3, -0.25) is 4.90 Å². The van der Waals surface area contributed by atoms with E-state index in [2.05, 4.69) is 36.2 Å². The first-order valence-corrected chi connectivity index (χ1v) is 9.33. The lowest BCUT2D eigenvalue weighted by Crippen LogP contribution is -2.51. The predicted octanol–water partition coefficient (Wildman–Crippen LogP) is 2.58. The summed E-state index contributed by atoms with van der Waals surface area (Å²) in [4.78, 5) is 2.30. The Morgan fingerprint density at radius 2 is 1.96 bits per heavy atom. The molecule has 4 rings (SSSR count). The van der Waals surface area contributed by atoms with Gasteiger partial charge in [-0.2, -0.15) is 15.8 Å². The molecule has 0 saturated carbocycles. The molecule has 0 unspecified atom stereocenters. The first-order valence-electron chi connectivity index (χ1n) is 9.33. The second-order valence-electron chi connectivity index (χ2n) is 7.71. The molecule has 1 fully saturated rings. The number of rotatable bonds is 2. The van der Waals surface area contributed by atoms with E-state index >= 15 is 0 Å². The highest BCUT2D eigenvalue weighted by molar-refractivity contribution is 5.60. The number of nitrogens with two attached hydrogens (primary N) is 1. The highest BCUT2D eigenvalue weighted by Crippen LogP contribution is 2.58. The third kappa shape index (κ3) is 2.21. The summed E-state index contributed by atoms with van der Waals surface area (Å²) in [5.41, 5.74) is 6.86. The average Bonchev–Trinajstić information content (AvgIpc) is 2.96. The molecule has 3 aliphatic rings. The number of hydrogen-bond acceptors (Lipinski definition) is 6. The van der Waals surface area contributed by atoms with E-state index in [9.17, 15) is 15.8 Å². The zero-order valence-corrected chi connectivity index (χ0v) is 15.9. The second kappa shape index (κ2) is 6.41. The molecule has 1 aliphatic carbocycles. The van der Waals surface area contributed by atoms with Gasteiger partial charge < -0.3 is 10.5 Å². The number of nitriles is 3. The van der Waals surface area contributed by atoms with Crippen LogP contribution in [0.2, 0.25) is 0 Å². The summed E-state index contributed by atoms with van der Waals surface area (Å²) in [6, 6.07) is 14.5. The van der Waals surface area contributed by atoms with Gasteiger partial charge in [0.05, 0.1) is 30.5 Å². The molecule has 0 spiro atoms. The van der Waals surface area contributed by atoms with Crippen LogP contribution in [0, 0.1) is 45.3 Å². The topological polar surface area (TPSA) is 110 Å². The van der Waals surface area contributed by atoms with E-state index in [0.29, 0.717) is 11.3 Å². The zero-order valence-electron chi connectivity index (χ0n) is 15.9. The molecule has 1 aromatic rings. The number of hydrogen-bond donors (Lipinski definition) is 1. The minimum atomic E-state index is -1.60. The quantitative estimate of drug-likeness (QED) is 0.855. The van der Waals surface area contributed by atoms with Gasteiger partial charge in [0.25, 0.3) is 0 Å². The monoisotopic (exact) mass is 371 g/mol. The minimum Gasteiger partial charge on any atom is -0.497 e. The van der Waals surface area contributed by atoms with Crippen LogP contribution in [-0.4, -0.2) is 31.1 Å². The highest BCUT2D eigenvalue weighted by Gasteiger charge is 2.58. The Morgan fingerprint density at radius 1 is 1.21 bits per heavy atom. The van der Waals surface area contributed by atoms with Crippen molar-refractivity contribution in [2.24, 2.45) is 17.1 Å². The molecule has 1 saturated heterocycles. The molecule has 0 aromatic heterocycles. The van der Waals surface area contributed by atoms with Gasteiger partial charge in [0, 0.05) is 23.9 Å². The first-order chi connectivity index (χ1) is 13.5. The standard InChI is InChI=1S/C22H21N5O/c1-27-14-6-7-18(27)19-16(9-14)17(10-23)21(26)22(11-24,12-25)20(19)13-4-3-5-15(8-13)28-2/h3-5,8-9,14,18-20H,6-7,26H2,1-2H3/t14-,18-,19+,20+/m1/s1. The number of methoxy groups -OCH3 is 1. The molecule has 0 amide bonds. The lowest BCUT2D eigenvalue weighted by Gasteiger charge is -2.48. The third-order valence-electron chi connectivity index (χ3n) is 6.68. The number of fused-ring (bicyclic) bond motifs is 4. The maximum absolute atomic E-state index is 10.1. The Morgan fingerprint density at radius 3 is 2.61 bits per heavy atom. The molecule has 2 bridgehead atoms. The fourth-order valence-electron chi connectivity index (χ4n) is 5.30. The van der Waals surface area contributed by atoms with E-state index < -0.39 is 11.3 Å². The van der Waals surface area contributed by atoms with Crippen LogP contribution in [0.4, 0.5) is 0 Å². The Hall–Kier alpha value is -3.27. The molecule has 6 heteroatoms. The molecule has 0 radical (unpaired) electrons. The number of nitrogens with zero attached hydrogens (tertiary/aromatic N) is 4. The van der Waals surface area contributed by atoms with Crippen molar-refractivity contribution in [3.8, 4) is 24.0 Å². The highest BCUT2D eigenvalue weighted by atomic mass is 16.5. The molecular formula is C22H21N5O. The number of benzene rings is 1. The van der Waals surface area contributed by atoms with Gasteiger partial charge in [-0.1, -0.05) is 18.2 Å². The van der Waals surface area contributed by atoms with E-state index in [1.807, 2.05) is 24.3 Å². The fraction of sp³-hybridized carbons (Fsp3) is 0.409. The van der Waals surface area contributed by atoms with Crippen molar-refractivity contribution in [2.45, 2.75) is 30.8 Å². The van der Waals surface area contributed by atoms with E-state index in [0.717, 1.165) is 24.0 Å². The van der Waals surface area contributed by atoms with Crippen molar-refractivity contribution < 1.29 is 4.74 Å². The SMILES string of the molecule is COc1cccc([C@H]2[C@H]3C(=C[C@H]4CC[C@H]3N4C)C(C#N)=C(N)C2(C#N)C#N)c1. The van der Waals surface area contributed by atoms with Gasteiger partial charge in [0.1, 0.15) is 11.8 Å². The van der Waals surface area contributed by atoms with Crippen LogP contribution >= 0.6 is 0 Å². The van der Waals surface area contributed by atoms with Gasteiger partial charge in [-0.15, -0.1) is 0 Å². The van der Waals surface area contributed by atoms with Crippen LogP contribution in [0.1, 0.15) is 24.3 Å². The summed E-state index contributed by atoms with van der Waals surface area (Å²) >= 11 is 0. The first kappa shape index (κ1) is 18.1. The summed E-state index contributed by atoms with van der Waals surface area (Å²) in [7, 11) is 3.66. The van der Waals surface area contributed by atoms with Crippen LogP contribution in [0.3, 0.4) is 0 Å². The van der Waals surface area contributed by atoms with Crippen LogP contribution in [0.25, 0.3) is 0 Å². The molecule has 2 aliphatic heterocycles. The normalized spacial score (nSPS) is 30.5. The Labute approximate surface area is 164 Å². The molecule has 2 heterocycles. The molecule has 6 nitrogen and oxygen atoms in total. The minimum absolute atomic E-state index is 0.0688. The summed E-state index contributed by atoms with van der Waals surface area (Å²) in [5, 5.41) is 30.1. The lowest BCUT2D eigenvalue weighted by atomic mass is 9.56. The van der Waals surface area contributed by atoms with Crippen LogP contribution in [0.15, 0.2) is 47.2 Å². The summed E-state index contributed by atoms with van der Waals surface area (Å²) in [5.74, 6) is 0.0273. The Balaban J connectivity index is 2.04. The maximum atomic E-state index is 10.1. The van der Waals surface area contributed by atoms with Crippen LogP contribution < -0.4 is 10.5 Å². The fourth-order valence-corrected chi connectivity index (χ4v) is 5.30. The zero-order chi connectivity index (χ0) is 20.1. The van der Waals surface area contributed by atoms with Gasteiger partial charge in [0.15, 0.2) is 5.41 Å². The molecule has 4 atom stereocenters. The second-order valence-corrected chi connectivity index (χ2v) is 7.71. The van der Waals surface area contributed by atoms with Gasteiger partial charge >= 0.3 is 0 Å². The molecule has 2 N–H and O–H groups in total. The predicted molar refractivity (Wildman–Crippen MR) is 102 cm³/mol. The van der Waals surface area contributed by atoms with E-state index in [4.69, 9.17) is 10.5 Å². The van der Waals surface area contributed by atoms with Gasteiger partial charge in [-0.05, 0) is 43.2 Å². The van der Waals surface area contributed by atoms with E-state index in [1.54, 1.807) is 7.11 Å². The van der Waals surface area contributed by atoms with Crippen molar-refractivity contribution >= 4 is 0 Å². The number of likely N-dealkylation sites (N-methyl/N-ethyl adjacent to an activating group) is 1. The number of allylic oxidation sites excluding steroid dienone is 2. The largest absolute Gasteiger partial charge is 0.497 e. The Bertz CT molecular complexity index is 1000.